The lowest BCUT2D eigenvalue weighted by atomic mass is 9.94. The highest BCUT2D eigenvalue weighted by Gasteiger charge is 2.31. The number of hydrogen-bond acceptors (Lipinski definition) is 2. The summed E-state index contributed by atoms with van der Waals surface area (Å²) in [5, 5.41) is 4.04. The molecule has 0 saturated heterocycles. The number of hydrogen-bond donors (Lipinski definition) is 3. The van der Waals surface area contributed by atoms with E-state index in [1.807, 2.05) is 30.5 Å². The minimum atomic E-state index is -0.289. The number of nitrogens with two attached hydrogens (primary N) is 1. The van der Waals surface area contributed by atoms with Crippen LogP contribution in [0.3, 0.4) is 0 Å². The molecule has 1 fully saturated rings. The van der Waals surface area contributed by atoms with Crippen molar-refractivity contribution in [3.05, 3.63) is 30.5 Å². The lowest BCUT2D eigenvalue weighted by Crippen LogP contribution is -2.40. The van der Waals surface area contributed by atoms with E-state index in [2.05, 4.69) is 10.3 Å². The molecule has 2 aromatic rings. The predicted molar refractivity (Wildman–Crippen MR) is 76.9 cm³/mol. The van der Waals surface area contributed by atoms with Crippen molar-refractivity contribution >= 4 is 22.5 Å². The second kappa shape index (κ2) is 4.70. The van der Waals surface area contributed by atoms with E-state index in [0.29, 0.717) is 6.42 Å². The molecule has 0 unspecified atom stereocenters. The van der Waals surface area contributed by atoms with E-state index in [1.165, 1.54) is 0 Å². The third-order valence-corrected chi connectivity index (χ3v) is 3.95. The van der Waals surface area contributed by atoms with Gasteiger partial charge in [-0.15, -0.1) is 0 Å². The first-order valence-electron chi connectivity index (χ1n) is 6.81. The monoisotopic (exact) mass is 257 g/mol. The van der Waals surface area contributed by atoms with Crippen molar-refractivity contribution in [1.82, 2.24) is 4.98 Å². The van der Waals surface area contributed by atoms with E-state index < -0.39 is 0 Å². The number of carbonyl (C=O) groups excluding carboxylic acids is 1. The second-order valence-electron chi connectivity index (χ2n) is 5.57. The Morgan fingerprint density at radius 2 is 2.11 bits per heavy atom. The van der Waals surface area contributed by atoms with Crippen LogP contribution < -0.4 is 11.1 Å². The van der Waals surface area contributed by atoms with Crippen molar-refractivity contribution in [3.8, 4) is 0 Å². The summed E-state index contributed by atoms with van der Waals surface area (Å²) in [6.07, 6.45) is 6.49. The SMILES string of the molecule is NC1(CC(=O)Nc2ccc3[nH]ccc3c2)CCCC1. The van der Waals surface area contributed by atoms with Gasteiger partial charge in [0, 0.05) is 34.7 Å². The van der Waals surface area contributed by atoms with Gasteiger partial charge in [0.25, 0.3) is 0 Å². The Hall–Kier alpha value is -1.81. The summed E-state index contributed by atoms with van der Waals surface area (Å²) in [4.78, 5) is 15.2. The van der Waals surface area contributed by atoms with Gasteiger partial charge in [0.15, 0.2) is 0 Å². The molecule has 0 radical (unpaired) electrons. The summed E-state index contributed by atoms with van der Waals surface area (Å²) in [6, 6.07) is 7.85. The number of aromatic amines is 1. The Bertz CT molecular complexity index is 596. The van der Waals surface area contributed by atoms with Crippen molar-refractivity contribution in [2.45, 2.75) is 37.6 Å². The first-order valence-corrected chi connectivity index (χ1v) is 6.81. The number of nitrogens with one attached hydrogen (secondary N) is 2. The van der Waals surface area contributed by atoms with Gasteiger partial charge in [-0.25, -0.2) is 0 Å². The summed E-state index contributed by atoms with van der Waals surface area (Å²) in [6.45, 7) is 0. The molecular formula is C15H19N3O. The number of fused-ring (bicyclic) bond motifs is 1. The molecule has 1 aliphatic rings. The van der Waals surface area contributed by atoms with Crippen LogP contribution in [-0.4, -0.2) is 16.4 Å². The maximum absolute atomic E-state index is 12.0. The fraction of sp³-hybridized carbons (Fsp3) is 0.400. The zero-order valence-corrected chi connectivity index (χ0v) is 10.9. The Labute approximate surface area is 112 Å². The van der Waals surface area contributed by atoms with E-state index in [-0.39, 0.29) is 11.4 Å². The number of amides is 1. The van der Waals surface area contributed by atoms with Crippen LogP contribution in [0.1, 0.15) is 32.1 Å². The van der Waals surface area contributed by atoms with Gasteiger partial charge in [-0.3, -0.25) is 4.79 Å². The molecule has 0 aliphatic heterocycles. The van der Waals surface area contributed by atoms with Crippen molar-refractivity contribution in [2.75, 3.05) is 5.32 Å². The summed E-state index contributed by atoms with van der Waals surface area (Å²) in [5.74, 6) is 0.0132. The van der Waals surface area contributed by atoms with Crippen LogP contribution in [0.4, 0.5) is 5.69 Å². The van der Waals surface area contributed by atoms with Gasteiger partial charge in [0.2, 0.25) is 5.91 Å². The van der Waals surface area contributed by atoms with Crippen LogP contribution in [0.5, 0.6) is 0 Å². The number of benzene rings is 1. The molecule has 1 aromatic heterocycles. The Morgan fingerprint density at radius 3 is 2.89 bits per heavy atom. The van der Waals surface area contributed by atoms with E-state index in [0.717, 1.165) is 42.3 Å². The Morgan fingerprint density at radius 1 is 1.32 bits per heavy atom. The van der Waals surface area contributed by atoms with Crippen LogP contribution in [0.2, 0.25) is 0 Å². The van der Waals surface area contributed by atoms with Gasteiger partial charge in [0.1, 0.15) is 0 Å². The zero-order chi connectivity index (χ0) is 13.3. The molecule has 19 heavy (non-hydrogen) atoms. The maximum Gasteiger partial charge on any atom is 0.226 e. The fourth-order valence-electron chi connectivity index (χ4n) is 2.91. The molecule has 0 bridgehead atoms. The van der Waals surface area contributed by atoms with E-state index in [4.69, 9.17) is 5.73 Å². The lowest BCUT2D eigenvalue weighted by molar-refractivity contribution is -0.117. The average molecular weight is 257 g/mol. The average Bonchev–Trinajstić information content (AvgIpc) is 2.97. The van der Waals surface area contributed by atoms with Gasteiger partial charge in [-0.2, -0.15) is 0 Å². The van der Waals surface area contributed by atoms with Crippen LogP contribution >= 0.6 is 0 Å². The zero-order valence-electron chi connectivity index (χ0n) is 10.9. The Kier molecular flexibility index (Phi) is 3.03. The first kappa shape index (κ1) is 12.2. The minimum Gasteiger partial charge on any atom is -0.361 e. The van der Waals surface area contributed by atoms with Crippen molar-refractivity contribution < 1.29 is 4.79 Å². The predicted octanol–water partition coefficient (Wildman–Crippen LogP) is 2.77. The van der Waals surface area contributed by atoms with Crippen LogP contribution in [0.25, 0.3) is 10.9 Å². The Balaban J connectivity index is 1.68. The van der Waals surface area contributed by atoms with Gasteiger partial charge < -0.3 is 16.0 Å². The molecule has 1 saturated carbocycles. The highest BCUT2D eigenvalue weighted by molar-refractivity contribution is 5.94. The van der Waals surface area contributed by atoms with Crippen molar-refractivity contribution in [3.63, 3.8) is 0 Å². The second-order valence-corrected chi connectivity index (χ2v) is 5.57. The van der Waals surface area contributed by atoms with Gasteiger partial charge in [-0.05, 0) is 37.1 Å². The van der Waals surface area contributed by atoms with Crippen LogP contribution in [0.15, 0.2) is 30.5 Å². The molecule has 1 aromatic carbocycles. The molecule has 1 amide bonds. The van der Waals surface area contributed by atoms with Gasteiger partial charge in [-0.1, -0.05) is 12.8 Å². The highest BCUT2D eigenvalue weighted by Crippen LogP contribution is 2.30. The van der Waals surface area contributed by atoms with Gasteiger partial charge >= 0.3 is 0 Å². The molecule has 0 spiro atoms. The largest absolute Gasteiger partial charge is 0.361 e. The van der Waals surface area contributed by atoms with Crippen molar-refractivity contribution in [2.24, 2.45) is 5.73 Å². The quantitative estimate of drug-likeness (QED) is 0.791. The standard InChI is InChI=1S/C15H19N3O/c16-15(6-1-2-7-15)10-14(19)18-12-3-4-13-11(9-12)5-8-17-13/h3-5,8-9,17H,1-2,6-7,10,16H2,(H,18,19). The number of carbonyl (C=O) groups is 1. The first-order chi connectivity index (χ1) is 9.15. The van der Waals surface area contributed by atoms with Crippen LogP contribution in [-0.2, 0) is 4.79 Å². The minimum absolute atomic E-state index is 0.0132. The fourth-order valence-corrected chi connectivity index (χ4v) is 2.91. The van der Waals surface area contributed by atoms with E-state index in [9.17, 15) is 4.79 Å². The van der Waals surface area contributed by atoms with Crippen LogP contribution in [0, 0.1) is 0 Å². The van der Waals surface area contributed by atoms with E-state index in [1.54, 1.807) is 0 Å². The molecular weight excluding hydrogens is 238 g/mol. The molecule has 1 heterocycles. The molecule has 100 valence electrons. The third kappa shape index (κ3) is 2.63. The molecule has 3 rings (SSSR count). The lowest BCUT2D eigenvalue weighted by Gasteiger charge is -2.22. The molecule has 0 atom stereocenters. The number of aromatic nitrogens is 1. The summed E-state index contributed by atoms with van der Waals surface area (Å²) in [7, 11) is 0. The highest BCUT2D eigenvalue weighted by atomic mass is 16.1. The molecule has 4 heteroatoms. The number of H-pyrrole nitrogens is 1. The van der Waals surface area contributed by atoms with Crippen molar-refractivity contribution in [1.29, 1.82) is 0 Å². The van der Waals surface area contributed by atoms with E-state index >= 15 is 0 Å². The smallest absolute Gasteiger partial charge is 0.226 e. The number of rotatable bonds is 3. The summed E-state index contributed by atoms with van der Waals surface area (Å²) >= 11 is 0. The summed E-state index contributed by atoms with van der Waals surface area (Å²) < 4.78 is 0. The molecule has 4 nitrogen and oxygen atoms in total. The third-order valence-electron chi connectivity index (χ3n) is 3.95. The topological polar surface area (TPSA) is 70.9 Å². The summed E-state index contributed by atoms with van der Waals surface area (Å²) in [5.41, 5.74) is 7.84. The molecule has 4 N–H and O–H groups in total. The normalized spacial score (nSPS) is 17.7. The number of anilines is 1. The van der Waals surface area contributed by atoms with Gasteiger partial charge in [0.05, 0.1) is 0 Å². The maximum atomic E-state index is 12.0. The molecule has 1 aliphatic carbocycles.